The maximum atomic E-state index is 12.9. The van der Waals surface area contributed by atoms with E-state index in [2.05, 4.69) is 5.32 Å². The summed E-state index contributed by atoms with van der Waals surface area (Å²) in [7, 11) is -2.23. The Morgan fingerprint density at radius 3 is 2.46 bits per heavy atom. The largest absolute Gasteiger partial charge is 0.496 e. The second kappa shape index (κ2) is 8.56. The highest BCUT2D eigenvalue weighted by Gasteiger charge is 2.31. The number of carbonyl (C=O) groups is 1. The smallest absolute Gasteiger partial charge is 0.252 e. The van der Waals surface area contributed by atoms with Crippen LogP contribution >= 0.6 is 12.4 Å². The van der Waals surface area contributed by atoms with Gasteiger partial charge >= 0.3 is 0 Å². The SMILES string of the molecule is COc1ccc(S(=O)(=O)N2CCC(NCC3CC3)CC2)cc1C(N)=O.Cl. The lowest BCUT2D eigenvalue weighted by atomic mass is 10.1. The van der Waals surface area contributed by atoms with Gasteiger partial charge in [0.05, 0.1) is 17.6 Å². The van der Waals surface area contributed by atoms with Crippen LogP contribution in [0.4, 0.5) is 0 Å². The van der Waals surface area contributed by atoms with Gasteiger partial charge in [-0.3, -0.25) is 4.79 Å². The number of ether oxygens (including phenoxy) is 1. The first-order chi connectivity index (χ1) is 11.9. The molecule has 2 fully saturated rings. The van der Waals surface area contributed by atoms with E-state index in [0.717, 1.165) is 25.3 Å². The van der Waals surface area contributed by atoms with Crippen molar-refractivity contribution in [2.24, 2.45) is 11.7 Å². The number of hydrogen-bond acceptors (Lipinski definition) is 5. The van der Waals surface area contributed by atoms with E-state index in [4.69, 9.17) is 10.5 Å². The minimum atomic E-state index is -3.64. The number of nitrogens with zero attached hydrogens (tertiary/aromatic N) is 1. The minimum Gasteiger partial charge on any atom is -0.496 e. The Balaban J connectivity index is 0.00000243. The van der Waals surface area contributed by atoms with Crippen LogP contribution in [0.1, 0.15) is 36.0 Å². The lowest BCUT2D eigenvalue weighted by Crippen LogP contribution is -2.45. The summed E-state index contributed by atoms with van der Waals surface area (Å²) in [6.07, 6.45) is 4.20. The average Bonchev–Trinajstić information content (AvgIpc) is 3.44. The summed E-state index contributed by atoms with van der Waals surface area (Å²) in [4.78, 5) is 11.6. The number of hydrogen-bond donors (Lipinski definition) is 2. The Morgan fingerprint density at radius 2 is 1.92 bits per heavy atom. The van der Waals surface area contributed by atoms with Crippen LogP contribution in [0.2, 0.25) is 0 Å². The number of nitrogens with two attached hydrogens (primary N) is 1. The van der Waals surface area contributed by atoms with E-state index in [1.54, 1.807) is 0 Å². The maximum Gasteiger partial charge on any atom is 0.252 e. The first-order valence-electron chi connectivity index (χ1n) is 8.63. The fourth-order valence-electron chi connectivity index (χ4n) is 3.14. The molecule has 0 atom stereocenters. The van der Waals surface area contributed by atoms with Crippen molar-refractivity contribution in [2.45, 2.75) is 36.6 Å². The van der Waals surface area contributed by atoms with E-state index in [1.165, 1.54) is 42.5 Å². The number of amides is 1. The van der Waals surface area contributed by atoms with Crippen molar-refractivity contribution in [1.29, 1.82) is 0 Å². The van der Waals surface area contributed by atoms with Gasteiger partial charge in [-0.1, -0.05) is 0 Å². The van der Waals surface area contributed by atoms with Crippen molar-refractivity contribution in [2.75, 3.05) is 26.7 Å². The molecule has 3 N–H and O–H groups in total. The van der Waals surface area contributed by atoms with E-state index >= 15 is 0 Å². The van der Waals surface area contributed by atoms with Crippen LogP contribution in [0.5, 0.6) is 5.75 Å². The summed E-state index contributed by atoms with van der Waals surface area (Å²) < 4.78 is 32.3. The quantitative estimate of drug-likeness (QED) is 0.715. The lowest BCUT2D eigenvalue weighted by molar-refractivity contribution is 0.0997. The Morgan fingerprint density at radius 1 is 1.27 bits per heavy atom. The van der Waals surface area contributed by atoms with Crippen molar-refractivity contribution in [3.05, 3.63) is 23.8 Å². The third-order valence-corrected chi connectivity index (χ3v) is 6.81. The molecule has 0 radical (unpaired) electrons. The Labute approximate surface area is 160 Å². The molecule has 3 rings (SSSR count). The average molecular weight is 404 g/mol. The number of rotatable bonds is 7. The summed E-state index contributed by atoms with van der Waals surface area (Å²) in [5, 5.41) is 3.54. The van der Waals surface area contributed by atoms with Gasteiger partial charge in [0.2, 0.25) is 10.0 Å². The molecule has 1 heterocycles. The number of sulfonamides is 1. The minimum absolute atomic E-state index is 0. The Kier molecular flexibility index (Phi) is 6.90. The summed E-state index contributed by atoms with van der Waals surface area (Å²) in [5.74, 6) is 0.375. The molecule has 0 bridgehead atoms. The molecule has 1 aliphatic carbocycles. The van der Waals surface area contributed by atoms with Crippen molar-refractivity contribution in [3.63, 3.8) is 0 Å². The second-order valence-corrected chi connectivity index (χ2v) is 8.69. The number of carbonyl (C=O) groups excluding carboxylic acids is 1. The maximum absolute atomic E-state index is 12.9. The molecular formula is C17H26ClN3O4S. The van der Waals surface area contributed by atoms with Gasteiger partial charge in [-0.15, -0.1) is 12.4 Å². The molecule has 1 aliphatic heterocycles. The summed E-state index contributed by atoms with van der Waals surface area (Å²) in [6.45, 7) is 1.99. The molecule has 1 saturated carbocycles. The van der Waals surface area contributed by atoms with Crippen molar-refractivity contribution >= 4 is 28.3 Å². The van der Waals surface area contributed by atoms with E-state index in [1.807, 2.05) is 0 Å². The topological polar surface area (TPSA) is 102 Å². The Hall–Kier alpha value is -1.35. The van der Waals surface area contributed by atoms with Gasteiger partial charge in [0.15, 0.2) is 0 Å². The lowest BCUT2D eigenvalue weighted by Gasteiger charge is -2.32. The first-order valence-corrected chi connectivity index (χ1v) is 10.1. The van der Waals surface area contributed by atoms with E-state index in [0.29, 0.717) is 19.1 Å². The van der Waals surface area contributed by atoms with Gasteiger partial charge in [0.1, 0.15) is 5.75 Å². The van der Waals surface area contributed by atoms with Crippen LogP contribution in [0, 0.1) is 5.92 Å². The molecule has 1 aromatic carbocycles. The molecule has 9 heteroatoms. The van der Waals surface area contributed by atoms with Gasteiger partial charge < -0.3 is 15.8 Å². The number of piperidine rings is 1. The highest BCUT2D eigenvalue weighted by molar-refractivity contribution is 7.89. The Bertz CT molecular complexity index is 744. The monoisotopic (exact) mass is 403 g/mol. The van der Waals surface area contributed by atoms with Crippen molar-refractivity contribution in [3.8, 4) is 5.75 Å². The molecule has 0 unspecified atom stereocenters. The second-order valence-electron chi connectivity index (χ2n) is 6.76. The zero-order chi connectivity index (χ0) is 18.0. The molecule has 1 saturated heterocycles. The van der Waals surface area contributed by atoms with Crippen molar-refractivity contribution in [1.82, 2.24) is 9.62 Å². The number of primary amides is 1. The molecule has 1 amide bonds. The zero-order valence-electron chi connectivity index (χ0n) is 14.8. The number of benzene rings is 1. The highest BCUT2D eigenvalue weighted by Crippen LogP contribution is 2.29. The van der Waals surface area contributed by atoms with Crippen LogP contribution in [0.15, 0.2) is 23.1 Å². The number of halogens is 1. The first kappa shape index (κ1) is 21.0. The molecule has 2 aliphatic rings. The normalized spacial score (nSPS) is 19.0. The molecule has 1 aromatic rings. The molecule has 7 nitrogen and oxygen atoms in total. The predicted octanol–water partition coefficient (Wildman–Crippen LogP) is 1.37. The van der Waals surface area contributed by atoms with Gasteiger partial charge in [-0.05, 0) is 56.3 Å². The highest BCUT2D eigenvalue weighted by atomic mass is 35.5. The van der Waals surface area contributed by atoms with Gasteiger partial charge in [-0.2, -0.15) is 4.31 Å². The van der Waals surface area contributed by atoms with Gasteiger partial charge in [0.25, 0.3) is 5.91 Å². The standard InChI is InChI=1S/C17H25N3O4S.ClH/c1-24-16-5-4-14(10-15(16)17(18)21)25(22,23)20-8-6-13(7-9-20)19-11-12-2-3-12;/h4-5,10,12-13,19H,2-3,6-9,11H2,1H3,(H2,18,21);1H. The third-order valence-electron chi connectivity index (χ3n) is 4.92. The molecular weight excluding hydrogens is 378 g/mol. The van der Waals surface area contributed by atoms with E-state index < -0.39 is 15.9 Å². The summed E-state index contributed by atoms with van der Waals surface area (Å²) in [5.41, 5.74) is 5.40. The van der Waals surface area contributed by atoms with Gasteiger partial charge in [0, 0.05) is 19.1 Å². The summed E-state index contributed by atoms with van der Waals surface area (Å²) in [6, 6.07) is 4.60. The van der Waals surface area contributed by atoms with Crippen LogP contribution in [-0.4, -0.2) is 51.4 Å². The molecule has 0 spiro atoms. The van der Waals surface area contributed by atoms with Crippen molar-refractivity contribution < 1.29 is 17.9 Å². The van der Waals surface area contributed by atoms with Gasteiger partial charge in [-0.25, -0.2) is 8.42 Å². The molecule has 26 heavy (non-hydrogen) atoms. The summed E-state index contributed by atoms with van der Waals surface area (Å²) >= 11 is 0. The van der Waals surface area contributed by atoms with Crippen LogP contribution in [0.25, 0.3) is 0 Å². The number of methoxy groups -OCH3 is 1. The fourth-order valence-corrected chi connectivity index (χ4v) is 4.64. The van der Waals surface area contributed by atoms with Crippen LogP contribution in [0.3, 0.4) is 0 Å². The third kappa shape index (κ3) is 4.68. The molecule has 0 aromatic heterocycles. The predicted molar refractivity (Wildman–Crippen MR) is 101 cm³/mol. The van der Waals surface area contributed by atoms with E-state index in [-0.39, 0.29) is 28.6 Å². The molecule has 146 valence electrons. The van der Waals surface area contributed by atoms with E-state index in [9.17, 15) is 13.2 Å². The fraction of sp³-hybridized carbons (Fsp3) is 0.588. The van der Waals surface area contributed by atoms with Crippen LogP contribution in [-0.2, 0) is 10.0 Å². The van der Waals surface area contributed by atoms with Crippen LogP contribution < -0.4 is 15.8 Å². The number of nitrogens with one attached hydrogen (secondary N) is 1. The zero-order valence-corrected chi connectivity index (χ0v) is 16.4.